The zero-order chi connectivity index (χ0) is 24.3. The first-order valence-corrected chi connectivity index (χ1v) is 10.7. The van der Waals surface area contributed by atoms with Crippen LogP contribution in [-0.4, -0.2) is 34.9 Å². The minimum Gasteiger partial charge on any atom is -0.479 e. The lowest BCUT2D eigenvalue weighted by Crippen LogP contribution is -2.14. The molecular weight excluding hydrogens is 435 g/mol. The number of benzene rings is 2. The molecule has 0 radical (unpaired) electrons. The van der Waals surface area contributed by atoms with Crippen molar-refractivity contribution in [3.05, 3.63) is 89.6 Å². The van der Waals surface area contributed by atoms with E-state index < -0.39 is 12.6 Å². The third kappa shape index (κ3) is 6.59. The number of carboxylic acids is 1. The molecular formula is C26H25FN4O3. The highest BCUT2D eigenvalue weighted by atomic mass is 19.1. The van der Waals surface area contributed by atoms with Crippen molar-refractivity contribution in [3.63, 3.8) is 0 Å². The Labute approximate surface area is 196 Å². The van der Waals surface area contributed by atoms with Crippen molar-refractivity contribution in [3.8, 4) is 11.3 Å². The van der Waals surface area contributed by atoms with Gasteiger partial charge >= 0.3 is 5.97 Å². The maximum atomic E-state index is 12.9. The molecule has 34 heavy (non-hydrogen) atoms. The summed E-state index contributed by atoms with van der Waals surface area (Å²) < 4.78 is 10.5. The van der Waals surface area contributed by atoms with E-state index in [0.717, 1.165) is 58.5 Å². The highest BCUT2D eigenvalue weighted by Crippen LogP contribution is 2.35. The van der Waals surface area contributed by atoms with E-state index in [1.54, 1.807) is 12.4 Å². The van der Waals surface area contributed by atoms with Crippen LogP contribution in [0.3, 0.4) is 0 Å². The molecule has 0 aliphatic heterocycles. The minimum absolute atomic E-state index is 0.0408. The van der Waals surface area contributed by atoms with E-state index >= 15 is 0 Å². The van der Waals surface area contributed by atoms with Crippen molar-refractivity contribution in [1.82, 2.24) is 4.98 Å². The highest BCUT2D eigenvalue weighted by Gasteiger charge is 2.22. The second-order valence-corrected chi connectivity index (χ2v) is 7.49. The molecule has 1 heterocycles. The summed E-state index contributed by atoms with van der Waals surface area (Å²) in [4.78, 5) is 26.3. The maximum absolute atomic E-state index is 12.9. The van der Waals surface area contributed by atoms with Gasteiger partial charge in [-0.25, -0.2) is 9.18 Å². The molecule has 0 unspecified atom stereocenters. The van der Waals surface area contributed by atoms with Gasteiger partial charge in [-0.05, 0) is 66.3 Å². The molecule has 4 N–H and O–H groups in total. The summed E-state index contributed by atoms with van der Waals surface area (Å²) in [5, 5.41) is 14.0. The van der Waals surface area contributed by atoms with Crippen molar-refractivity contribution < 1.29 is 19.1 Å². The Balaban J connectivity index is 0.000000588. The smallest absolute Gasteiger partial charge is 0.335 e. The second kappa shape index (κ2) is 12.1. The van der Waals surface area contributed by atoms with Crippen molar-refractivity contribution in [1.29, 1.82) is 0 Å². The van der Waals surface area contributed by atoms with Crippen LogP contribution in [0, 0.1) is 0 Å². The van der Waals surface area contributed by atoms with Gasteiger partial charge in [0.15, 0.2) is 6.67 Å². The molecule has 0 atom stereocenters. The Hall–Kier alpha value is -4.33. The van der Waals surface area contributed by atoms with E-state index in [2.05, 4.69) is 15.4 Å². The normalized spacial score (nSPS) is 12.9. The van der Waals surface area contributed by atoms with Crippen LogP contribution in [-0.2, 0) is 9.59 Å². The van der Waals surface area contributed by atoms with Crippen LogP contribution in [0.2, 0.25) is 0 Å². The number of allylic oxidation sites excluding steroid dienone is 1. The number of nitrogens with zero attached hydrogens (tertiary/aromatic N) is 2. The van der Waals surface area contributed by atoms with E-state index in [1.807, 2.05) is 66.7 Å². The molecule has 1 aliphatic rings. The number of halogens is 1. The maximum Gasteiger partial charge on any atom is 0.335 e. The number of carbonyl (C=O) groups excluding carboxylic acids is 1. The second-order valence-electron chi connectivity index (χ2n) is 7.49. The van der Waals surface area contributed by atoms with Gasteiger partial charge in [-0.15, -0.1) is 0 Å². The number of anilines is 1. The summed E-state index contributed by atoms with van der Waals surface area (Å²) in [6.07, 6.45) is 6.04. The number of carbonyl (C=O) groups is 2. The first-order chi connectivity index (χ1) is 16.5. The lowest BCUT2D eigenvalue weighted by Gasteiger charge is -2.10. The van der Waals surface area contributed by atoms with E-state index in [0.29, 0.717) is 0 Å². The van der Waals surface area contributed by atoms with Crippen molar-refractivity contribution >= 4 is 29.4 Å². The number of aliphatic carboxylic acids is 1. The molecule has 0 saturated heterocycles. The third-order valence-electron chi connectivity index (χ3n) is 5.17. The topological polar surface area (TPSA) is 118 Å². The van der Waals surface area contributed by atoms with Crippen molar-refractivity contribution in [2.24, 2.45) is 10.9 Å². The summed E-state index contributed by atoms with van der Waals surface area (Å²) in [5.74, 6) is 3.81. The zero-order valence-electron chi connectivity index (χ0n) is 18.4. The summed E-state index contributed by atoms with van der Waals surface area (Å²) >= 11 is 0. The molecule has 174 valence electrons. The van der Waals surface area contributed by atoms with Gasteiger partial charge < -0.3 is 16.3 Å². The van der Waals surface area contributed by atoms with Crippen LogP contribution < -0.4 is 11.2 Å². The lowest BCUT2D eigenvalue weighted by atomic mass is 9.99. The monoisotopic (exact) mass is 460 g/mol. The molecule has 7 nitrogen and oxygen atoms in total. The fourth-order valence-corrected chi connectivity index (χ4v) is 3.67. The molecule has 4 rings (SSSR count). The van der Waals surface area contributed by atoms with Gasteiger partial charge in [0.05, 0.1) is 11.9 Å². The van der Waals surface area contributed by atoms with Crippen LogP contribution in [0.1, 0.15) is 30.4 Å². The summed E-state index contributed by atoms with van der Waals surface area (Å²) in [7, 11) is 0. The summed E-state index contributed by atoms with van der Waals surface area (Å²) in [5.41, 5.74) is 6.62. The molecule has 0 bridgehead atoms. The summed E-state index contributed by atoms with van der Waals surface area (Å²) in [6, 6.07) is 21.5. The van der Waals surface area contributed by atoms with Crippen LogP contribution in [0.4, 0.5) is 10.1 Å². The Morgan fingerprint density at radius 2 is 1.82 bits per heavy atom. The van der Waals surface area contributed by atoms with Gasteiger partial charge in [0.2, 0.25) is 0 Å². The fraction of sp³-hybridized carbons (Fsp3) is 0.154. The van der Waals surface area contributed by atoms with Crippen molar-refractivity contribution in [2.75, 3.05) is 12.0 Å². The number of pyridine rings is 1. The first-order valence-electron chi connectivity index (χ1n) is 10.7. The van der Waals surface area contributed by atoms with Crippen molar-refractivity contribution in [2.45, 2.75) is 19.3 Å². The van der Waals surface area contributed by atoms with Gasteiger partial charge in [-0.1, -0.05) is 36.4 Å². The zero-order valence-corrected chi connectivity index (χ0v) is 18.4. The molecule has 1 aliphatic carbocycles. The Kier molecular flexibility index (Phi) is 8.62. The average molecular weight is 461 g/mol. The van der Waals surface area contributed by atoms with E-state index in [-0.39, 0.29) is 5.91 Å². The predicted octanol–water partition coefficient (Wildman–Crippen LogP) is 4.66. The fourth-order valence-electron chi connectivity index (χ4n) is 3.67. The number of nitrogens with two attached hydrogens (primary N) is 1. The van der Waals surface area contributed by atoms with Gasteiger partial charge in [-0.2, -0.15) is 5.10 Å². The molecule has 8 heteroatoms. The number of amides is 1. The number of rotatable bonds is 6. The number of hydrogen-bond donors (Lipinski definition) is 3. The molecule has 2 aromatic carbocycles. The van der Waals surface area contributed by atoms with E-state index in [1.165, 1.54) is 0 Å². The average Bonchev–Trinajstić information content (AvgIpc) is 3.36. The van der Waals surface area contributed by atoms with Crippen LogP contribution >= 0.6 is 0 Å². The molecule has 1 aromatic heterocycles. The number of aromatic nitrogens is 1. The number of alkyl halides is 1. The summed E-state index contributed by atoms with van der Waals surface area (Å²) in [6.45, 7) is -1.28. The van der Waals surface area contributed by atoms with E-state index in [4.69, 9.17) is 15.7 Å². The lowest BCUT2D eigenvalue weighted by molar-refractivity contribution is -0.137. The Morgan fingerprint density at radius 1 is 1.06 bits per heavy atom. The molecule has 0 saturated carbocycles. The standard InChI is InChI=1S/C24H22N4O.C2H3FO2/c25-27-16-17-5-3-6-19(15-17)21-7-4-8-22(21)24(29)28-20-12-10-18(11-13-20)23-9-1-2-14-26-23;3-1-2(4)5/h1-3,5-6,9-16H,4,7-8,25H2,(H,28,29);1H2,(H,4,5). The molecule has 1 amide bonds. The van der Waals surface area contributed by atoms with Crippen LogP contribution in [0.15, 0.2) is 83.6 Å². The first kappa shape index (κ1) is 24.3. The van der Waals surface area contributed by atoms with Gasteiger partial charge in [-0.3, -0.25) is 9.78 Å². The minimum atomic E-state index is -1.41. The highest BCUT2D eigenvalue weighted by molar-refractivity contribution is 6.09. The number of hydrazone groups is 1. The third-order valence-corrected chi connectivity index (χ3v) is 5.17. The molecule has 0 fully saturated rings. The largest absolute Gasteiger partial charge is 0.479 e. The predicted molar refractivity (Wildman–Crippen MR) is 131 cm³/mol. The molecule has 3 aromatic rings. The van der Waals surface area contributed by atoms with Crippen LogP contribution in [0.5, 0.6) is 0 Å². The number of carboxylic acid groups (broad SMARTS) is 1. The SMILES string of the molecule is NN=Cc1cccc(C2=C(C(=O)Nc3ccc(-c4ccccn4)cc3)CCC2)c1.O=C(O)CF. The number of nitrogens with one attached hydrogen (secondary N) is 1. The number of hydrogen-bond acceptors (Lipinski definition) is 5. The van der Waals surface area contributed by atoms with Gasteiger partial charge in [0.25, 0.3) is 5.91 Å². The van der Waals surface area contributed by atoms with Gasteiger partial charge in [0, 0.05) is 23.0 Å². The van der Waals surface area contributed by atoms with Crippen LogP contribution in [0.25, 0.3) is 16.8 Å². The molecule has 0 spiro atoms. The quantitative estimate of drug-likeness (QED) is 0.281. The van der Waals surface area contributed by atoms with E-state index in [9.17, 15) is 9.18 Å². The Bertz CT molecular complexity index is 1190. The van der Waals surface area contributed by atoms with Gasteiger partial charge in [0.1, 0.15) is 0 Å². The Morgan fingerprint density at radius 3 is 2.47 bits per heavy atom.